The first-order valence-electron chi connectivity index (χ1n) is 0.433. The average Bonchev–Trinajstić information content (AvgIpc) is 0.811. The Morgan fingerprint density at radius 1 is 1.00 bits per heavy atom. The van der Waals surface area contributed by atoms with E-state index in [1.165, 1.54) is 0 Å². The Morgan fingerprint density at radius 2 is 1.00 bits per heavy atom. The summed E-state index contributed by atoms with van der Waals surface area (Å²) < 4.78 is 0. The summed E-state index contributed by atoms with van der Waals surface area (Å²) in [5.41, 5.74) is 0. The van der Waals surface area contributed by atoms with Crippen LogP contribution in [0.3, 0.4) is 0 Å². The summed E-state index contributed by atoms with van der Waals surface area (Å²) in [6.45, 7) is 0. The molecular weight excluding hydrogens is 152 g/mol. The molecule has 0 N–H and O–H groups in total. The minimum atomic E-state index is -1.00. The van der Waals surface area contributed by atoms with Gasteiger partial charge in [0.2, 0.25) is 0 Å². The Bertz CT molecular complexity index is 72.7. The Labute approximate surface area is 40.7 Å². The first kappa shape index (κ1) is 5.18. The maximum atomic E-state index is 4.33. The van der Waals surface area contributed by atoms with Gasteiger partial charge < -0.3 is 0 Å². The molecule has 0 aromatic heterocycles. The van der Waals surface area contributed by atoms with Crippen molar-refractivity contribution in [2.45, 2.75) is 0 Å². The van der Waals surface area contributed by atoms with E-state index in [4.69, 9.17) is 0 Å². The van der Waals surface area contributed by atoms with Gasteiger partial charge in [0.15, 0.2) is 0 Å². The molecule has 0 nitrogen and oxygen atoms in total. The van der Waals surface area contributed by atoms with E-state index in [0.29, 0.717) is 0 Å². The summed E-state index contributed by atoms with van der Waals surface area (Å²) in [5.74, 6) is 0. The van der Waals surface area contributed by atoms with Gasteiger partial charge in [0.05, 0.1) is 0 Å². The van der Waals surface area contributed by atoms with Crippen LogP contribution in [0.4, 0.5) is 0 Å². The zero-order valence-corrected chi connectivity index (χ0v) is 5.13. The number of hydrogen-bond acceptors (Lipinski definition) is 3. The first-order chi connectivity index (χ1) is 1.73. The molecule has 0 fully saturated rings. The topological polar surface area (TPSA) is 0 Å². The van der Waals surface area contributed by atoms with Crippen molar-refractivity contribution in [1.82, 2.24) is 0 Å². The van der Waals surface area contributed by atoms with E-state index in [2.05, 4.69) is 31.7 Å². The minimum absolute atomic E-state index is 1.00. The molecule has 0 radical (unpaired) electrons. The summed E-state index contributed by atoms with van der Waals surface area (Å²) >= 11 is 0. The monoisotopic (exact) mass is 152 g/mol. The quantitative estimate of drug-likeness (QED) is 0.487. The molecule has 4 heavy (non-hydrogen) atoms. The van der Waals surface area contributed by atoms with Crippen molar-refractivity contribution in [2.75, 3.05) is 0 Å². The SMILES string of the molecule is [S]=[Fe-3](=[S])=[S]. The van der Waals surface area contributed by atoms with Gasteiger partial charge in [-0.05, 0) is 0 Å². The van der Waals surface area contributed by atoms with E-state index in [0.717, 1.165) is 0 Å². The maximum absolute atomic E-state index is 4.33. The fraction of sp³-hybridized carbons (Fsp3) is 0. The predicted octanol–water partition coefficient (Wildman–Crippen LogP) is 1.94. The number of hydrogen-bond donors (Lipinski definition) is 0. The second-order valence-corrected chi connectivity index (χ2v) is 6.56. The third-order valence-electron chi connectivity index (χ3n) is 0. The molecule has 0 rings (SSSR count). The van der Waals surface area contributed by atoms with E-state index in [1.54, 1.807) is 0 Å². The van der Waals surface area contributed by atoms with Gasteiger partial charge in [-0.15, -0.1) is 0 Å². The molecule has 0 saturated heterocycles. The van der Waals surface area contributed by atoms with Crippen LogP contribution in [0.15, 0.2) is 0 Å². The summed E-state index contributed by atoms with van der Waals surface area (Å²) in [6.07, 6.45) is 0. The van der Waals surface area contributed by atoms with Crippen molar-refractivity contribution >= 4 is 31.7 Å². The molecule has 4 heteroatoms. The standard InChI is InChI=1S/Fe.3S/q-3;;;. The Kier molecular flexibility index (Phi) is 3.13. The summed E-state index contributed by atoms with van der Waals surface area (Å²) in [5, 5.41) is 0. The van der Waals surface area contributed by atoms with Gasteiger partial charge in [0, 0.05) is 0 Å². The van der Waals surface area contributed by atoms with Crippen molar-refractivity contribution in [3.05, 3.63) is 0 Å². The Hall–Kier alpha value is 1.18. The molecule has 0 amide bonds. The van der Waals surface area contributed by atoms with Crippen LogP contribution in [0.2, 0.25) is 0 Å². The fourth-order valence-electron chi connectivity index (χ4n) is 0. The molecule has 0 aromatic rings. The van der Waals surface area contributed by atoms with Gasteiger partial charge in [0.25, 0.3) is 0 Å². The van der Waals surface area contributed by atoms with Crippen molar-refractivity contribution in [2.24, 2.45) is 0 Å². The number of rotatable bonds is 0. The Balaban J connectivity index is 4.65. The van der Waals surface area contributed by atoms with Gasteiger partial charge in [-0.3, -0.25) is 0 Å². The zero-order valence-electron chi connectivity index (χ0n) is 1.58. The van der Waals surface area contributed by atoms with Crippen LogP contribution < -0.4 is 0 Å². The van der Waals surface area contributed by atoms with Crippen LogP contribution in [0.5, 0.6) is 0 Å². The molecule has 0 spiro atoms. The third-order valence-corrected chi connectivity index (χ3v) is 0. The normalized spacial score (nSPS) is 10.5. The second kappa shape index (κ2) is 2.42. The molecule has 0 bridgehead atoms. The van der Waals surface area contributed by atoms with E-state index in [1.807, 2.05) is 0 Å². The van der Waals surface area contributed by atoms with Gasteiger partial charge in [0.1, 0.15) is 0 Å². The predicted molar refractivity (Wildman–Crippen MR) is 22.8 cm³/mol. The van der Waals surface area contributed by atoms with E-state index >= 15 is 0 Å². The summed E-state index contributed by atoms with van der Waals surface area (Å²) in [6, 6.07) is 0. The van der Waals surface area contributed by atoms with Gasteiger partial charge in [-0.2, -0.15) is 0 Å². The van der Waals surface area contributed by atoms with Crippen LogP contribution in [0.25, 0.3) is 0 Å². The molecule has 0 aromatic carbocycles. The first-order valence-corrected chi connectivity index (χ1v) is 5.36. The van der Waals surface area contributed by atoms with Gasteiger partial charge in [-0.1, -0.05) is 0 Å². The molecule has 0 aliphatic heterocycles. The molecule has 29 valence electrons. The van der Waals surface area contributed by atoms with Crippen molar-refractivity contribution in [3.8, 4) is 0 Å². The third kappa shape index (κ3) is 10.9. The zero-order chi connectivity index (χ0) is 3.58. The Morgan fingerprint density at radius 3 is 1.00 bits per heavy atom. The molecule has 0 heterocycles. The molecule has 0 atom stereocenters. The van der Waals surface area contributed by atoms with E-state index in [-0.39, 0.29) is 0 Å². The molecule has 0 aliphatic carbocycles. The van der Waals surface area contributed by atoms with Crippen LogP contribution in [-0.2, 0) is 9.01 Å². The molecular formula is FeS3-3. The van der Waals surface area contributed by atoms with Gasteiger partial charge in [-0.25, -0.2) is 0 Å². The van der Waals surface area contributed by atoms with Crippen LogP contribution in [0, 0.1) is 0 Å². The van der Waals surface area contributed by atoms with Crippen molar-refractivity contribution < 1.29 is 9.01 Å². The van der Waals surface area contributed by atoms with Crippen LogP contribution >= 0.6 is 31.7 Å². The van der Waals surface area contributed by atoms with Gasteiger partial charge >= 0.3 is 40.7 Å². The molecule has 0 unspecified atom stereocenters. The van der Waals surface area contributed by atoms with Crippen molar-refractivity contribution in [1.29, 1.82) is 0 Å². The van der Waals surface area contributed by atoms with Crippen molar-refractivity contribution in [3.63, 3.8) is 0 Å². The summed E-state index contributed by atoms with van der Waals surface area (Å²) in [4.78, 5) is 0. The average molecular weight is 152 g/mol. The van der Waals surface area contributed by atoms with E-state index in [9.17, 15) is 0 Å². The molecule has 0 saturated carbocycles. The van der Waals surface area contributed by atoms with Crippen LogP contribution in [0.1, 0.15) is 0 Å². The second-order valence-electron chi connectivity index (χ2n) is 0.177. The fourth-order valence-corrected chi connectivity index (χ4v) is 0. The van der Waals surface area contributed by atoms with E-state index < -0.39 is 9.01 Å². The summed E-state index contributed by atoms with van der Waals surface area (Å²) in [7, 11) is 12.0. The molecule has 0 aliphatic rings. The van der Waals surface area contributed by atoms with Crippen LogP contribution in [-0.4, -0.2) is 0 Å².